The number of likely N-dealkylation sites (tertiary alicyclic amines) is 1. The van der Waals surface area contributed by atoms with E-state index in [-0.39, 0.29) is 64.2 Å². The summed E-state index contributed by atoms with van der Waals surface area (Å²) in [5.41, 5.74) is 0.373. The molecule has 1 N–H and O–H groups in total. The average Bonchev–Trinajstić information content (AvgIpc) is 3.66. The molecular formula is C40H66N2O7. The predicted molar refractivity (Wildman–Crippen MR) is 187 cm³/mol. The van der Waals surface area contributed by atoms with E-state index in [1.54, 1.807) is 12.0 Å². The highest BCUT2D eigenvalue weighted by molar-refractivity contribution is 5.69. The van der Waals surface area contributed by atoms with Gasteiger partial charge in [0.25, 0.3) is 0 Å². The lowest BCUT2D eigenvalue weighted by molar-refractivity contribution is -0.183. The van der Waals surface area contributed by atoms with Crippen LogP contribution in [0.4, 0.5) is 9.59 Å². The summed E-state index contributed by atoms with van der Waals surface area (Å²) in [6.07, 6.45) is 9.44. The van der Waals surface area contributed by atoms with Crippen LogP contribution in [-0.2, 0) is 18.9 Å². The predicted octanol–water partition coefficient (Wildman–Crippen LogP) is 7.14. The number of aliphatic hydroxyl groups excluding tert-OH is 1. The van der Waals surface area contributed by atoms with Crippen molar-refractivity contribution in [1.82, 2.24) is 9.80 Å². The molecule has 2 unspecified atom stereocenters. The Labute approximate surface area is 295 Å². The SMILES string of the molecule is COC(C[C@@H](C)[C@H]1C[C@H](O)[C@@]2(C)C3CC[C@H]4C(C)(C)[C@@H](OC(=O)N5CCOCC5)CC[C@@]45C[C@@]35CC[C@]12C)[C@H](OC(=O)N1CCC1)C(C)C. The van der Waals surface area contributed by atoms with Crippen LogP contribution in [0.5, 0.6) is 0 Å². The second-order valence-corrected chi connectivity index (χ2v) is 19.0. The van der Waals surface area contributed by atoms with Gasteiger partial charge < -0.3 is 33.9 Å². The Kier molecular flexibility index (Phi) is 9.16. The van der Waals surface area contributed by atoms with Crippen LogP contribution >= 0.6 is 0 Å². The van der Waals surface area contributed by atoms with E-state index in [0.717, 1.165) is 64.5 Å². The Morgan fingerprint density at radius 2 is 1.53 bits per heavy atom. The number of methoxy groups -OCH3 is 1. The van der Waals surface area contributed by atoms with Gasteiger partial charge in [0.2, 0.25) is 0 Å². The third-order valence-corrected chi connectivity index (χ3v) is 16.7. The second kappa shape index (κ2) is 12.5. The van der Waals surface area contributed by atoms with Crippen LogP contribution in [0.15, 0.2) is 0 Å². The minimum atomic E-state index is -0.328. The van der Waals surface area contributed by atoms with Gasteiger partial charge in [-0.3, -0.25) is 0 Å². The third kappa shape index (κ3) is 5.22. The molecule has 2 aliphatic heterocycles. The molecule has 0 aromatic rings. The van der Waals surface area contributed by atoms with Crippen molar-refractivity contribution in [2.75, 3.05) is 46.5 Å². The van der Waals surface area contributed by atoms with Crippen LogP contribution in [0.1, 0.15) is 113 Å². The van der Waals surface area contributed by atoms with Crippen molar-refractivity contribution in [3.63, 3.8) is 0 Å². The molecule has 5 aliphatic carbocycles. The van der Waals surface area contributed by atoms with Gasteiger partial charge in [-0.15, -0.1) is 0 Å². The van der Waals surface area contributed by atoms with Crippen molar-refractivity contribution in [2.45, 2.75) is 137 Å². The maximum atomic E-state index is 13.2. The fourth-order valence-corrected chi connectivity index (χ4v) is 13.6. The molecule has 7 aliphatic rings. The molecule has 0 radical (unpaired) electrons. The first-order chi connectivity index (χ1) is 23.2. The van der Waals surface area contributed by atoms with Crippen LogP contribution in [0.25, 0.3) is 0 Å². The summed E-state index contributed by atoms with van der Waals surface area (Å²) in [4.78, 5) is 29.6. The molecule has 2 spiro atoms. The molecule has 49 heavy (non-hydrogen) atoms. The van der Waals surface area contributed by atoms with E-state index >= 15 is 0 Å². The van der Waals surface area contributed by atoms with E-state index in [2.05, 4.69) is 48.5 Å². The normalized spacial score (nSPS) is 44.0. The minimum Gasteiger partial charge on any atom is -0.446 e. The van der Waals surface area contributed by atoms with Crippen LogP contribution in [0.3, 0.4) is 0 Å². The van der Waals surface area contributed by atoms with E-state index < -0.39 is 0 Å². The number of carbonyl (C=O) groups is 2. The molecule has 7 rings (SSSR count). The number of carbonyl (C=O) groups excluding carboxylic acids is 2. The Balaban J connectivity index is 1.07. The molecule has 9 heteroatoms. The molecule has 0 aromatic heterocycles. The van der Waals surface area contributed by atoms with E-state index in [1.165, 1.54) is 12.8 Å². The van der Waals surface area contributed by atoms with Crippen molar-refractivity contribution in [1.29, 1.82) is 0 Å². The van der Waals surface area contributed by atoms with E-state index in [1.807, 2.05) is 4.90 Å². The monoisotopic (exact) mass is 686 g/mol. The van der Waals surface area contributed by atoms with E-state index in [9.17, 15) is 14.7 Å². The first kappa shape index (κ1) is 35.8. The Bertz CT molecular complexity index is 1260. The van der Waals surface area contributed by atoms with Gasteiger partial charge in [-0.05, 0) is 110 Å². The van der Waals surface area contributed by atoms with Gasteiger partial charge in [0.05, 0.1) is 25.4 Å². The van der Waals surface area contributed by atoms with Gasteiger partial charge in [0, 0.05) is 44.1 Å². The lowest BCUT2D eigenvalue weighted by Crippen LogP contribution is -2.60. The summed E-state index contributed by atoms with van der Waals surface area (Å²) in [6, 6.07) is 0. The van der Waals surface area contributed by atoms with Gasteiger partial charge in [-0.1, -0.05) is 48.5 Å². The van der Waals surface area contributed by atoms with Crippen molar-refractivity contribution in [3.8, 4) is 0 Å². The number of fused-ring (bicyclic) bond motifs is 2. The molecule has 7 fully saturated rings. The van der Waals surface area contributed by atoms with Crippen LogP contribution in [0, 0.1) is 56.7 Å². The smallest absolute Gasteiger partial charge is 0.410 e. The standard InChI is InChI=1S/C40H66N2O7/c1-25(2)33(49-35(45)41-16-9-17-41)28(46-8)22-26(3)27-23-31(43)38(7)30-11-10-29-36(4,5)32(48-34(44)42-18-20-47-21-19-42)12-13-39(29)24-40(30,39)15-14-37(27,38)6/h25-33,43H,9-24H2,1-8H3/t26-,27-,28?,29+,30?,31+,32+,33-,37-,38-,39-,40+/m1/s1. The highest BCUT2D eigenvalue weighted by atomic mass is 16.6. The lowest BCUT2D eigenvalue weighted by atomic mass is 9.41. The molecule has 5 saturated carbocycles. The highest BCUT2D eigenvalue weighted by Gasteiger charge is 2.83. The van der Waals surface area contributed by atoms with Crippen LogP contribution in [0.2, 0.25) is 0 Å². The number of hydrogen-bond donors (Lipinski definition) is 1. The Morgan fingerprint density at radius 1 is 0.878 bits per heavy atom. The number of amides is 2. The zero-order valence-electron chi connectivity index (χ0n) is 31.8. The number of ether oxygens (including phenoxy) is 4. The molecule has 278 valence electrons. The minimum absolute atomic E-state index is 0.0265. The van der Waals surface area contributed by atoms with Crippen molar-refractivity contribution in [2.24, 2.45) is 56.7 Å². The van der Waals surface area contributed by atoms with Gasteiger partial charge in [-0.25, -0.2) is 9.59 Å². The maximum absolute atomic E-state index is 13.2. The average molecular weight is 687 g/mol. The highest BCUT2D eigenvalue weighted by Crippen LogP contribution is 2.89. The van der Waals surface area contributed by atoms with Gasteiger partial charge in [-0.2, -0.15) is 0 Å². The summed E-state index contributed by atoms with van der Waals surface area (Å²) < 4.78 is 24.0. The first-order valence-electron chi connectivity index (χ1n) is 19.9. The fourth-order valence-electron chi connectivity index (χ4n) is 13.6. The first-order valence-corrected chi connectivity index (χ1v) is 19.9. The second-order valence-electron chi connectivity index (χ2n) is 19.0. The molecular weight excluding hydrogens is 620 g/mol. The Morgan fingerprint density at radius 3 is 2.16 bits per heavy atom. The third-order valence-electron chi connectivity index (χ3n) is 16.7. The molecule has 0 aromatic carbocycles. The summed E-state index contributed by atoms with van der Waals surface area (Å²) in [6.45, 7) is 20.3. The van der Waals surface area contributed by atoms with Crippen molar-refractivity contribution < 1.29 is 33.6 Å². The molecule has 12 atom stereocenters. The largest absolute Gasteiger partial charge is 0.446 e. The lowest BCUT2D eigenvalue weighted by Gasteiger charge is -2.64. The van der Waals surface area contributed by atoms with Gasteiger partial charge in [0.15, 0.2) is 0 Å². The zero-order chi connectivity index (χ0) is 35.1. The number of morpholine rings is 1. The molecule has 2 saturated heterocycles. The maximum Gasteiger partial charge on any atom is 0.410 e. The van der Waals surface area contributed by atoms with E-state index in [4.69, 9.17) is 18.9 Å². The summed E-state index contributed by atoms with van der Waals surface area (Å²) >= 11 is 0. The zero-order valence-corrected chi connectivity index (χ0v) is 31.8. The summed E-state index contributed by atoms with van der Waals surface area (Å²) in [7, 11) is 1.76. The molecule has 2 heterocycles. The van der Waals surface area contributed by atoms with Gasteiger partial charge >= 0.3 is 12.2 Å². The molecule has 9 nitrogen and oxygen atoms in total. The summed E-state index contributed by atoms with van der Waals surface area (Å²) in [5, 5.41) is 12.2. The number of hydrogen-bond acceptors (Lipinski definition) is 7. The molecule has 2 amide bonds. The van der Waals surface area contributed by atoms with Crippen LogP contribution < -0.4 is 0 Å². The Hall–Kier alpha value is -1.58. The quantitative estimate of drug-likeness (QED) is 0.290. The fraction of sp³-hybridized carbons (Fsp3) is 0.950. The van der Waals surface area contributed by atoms with Crippen LogP contribution in [-0.4, -0.2) is 98.0 Å². The number of aliphatic hydroxyl groups is 1. The number of rotatable bonds is 8. The van der Waals surface area contributed by atoms with Gasteiger partial charge in [0.1, 0.15) is 12.2 Å². The molecule has 0 bridgehead atoms. The van der Waals surface area contributed by atoms with E-state index in [0.29, 0.717) is 55.4 Å². The topological polar surface area (TPSA) is 97.8 Å². The van der Waals surface area contributed by atoms with Crippen molar-refractivity contribution in [3.05, 3.63) is 0 Å². The number of nitrogens with zero attached hydrogens (tertiary/aromatic N) is 2. The van der Waals surface area contributed by atoms with Crippen molar-refractivity contribution >= 4 is 12.2 Å². The summed E-state index contributed by atoms with van der Waals surface area (Å²) in [5.74, 6) is 1.88.